The van der Waals surface area contributed by atoms with Gasteiger partial charge in [-0.25, -0.2) is 9.97 Å². The third kappa shape index (κ3) is 4.58. The lowest BCUT2D eigenvalue weighted by molar-refractivity contribution is 0.0735. The smallest absolute Gasteiger partial charge is 0.272 e. The normalized spacial score (nSPS) is 18.2. The number of benzene rings is 2. The second-order valence-corrected chi connectivity index (χ2v) is 10.5. The van der Waals surface area contributed by atoms with E-state index >= 15 is 0 Å². The van der Waals surface area contributed by atoms with E-state index in [2.05, 4.69) is 10.3 Å². The lowest BCUT2D eigenvalue weighted by Crippen LogP contribution is -2.36. The quantitative estimate of drug-likeness (QED) is 0.348. The van der Waals surface area contributed by atoms with E-state index in [1.165, 1.54) is 0 Å². The molecular weight excluding hydrogens is 500 g/mol. The average Bonchev–Trinajstić information content (AvgIpc) is 3.71. The van der Waals surface area contributed by atoms with Gasteiger partial charge in [-0.1, -0.05) is 42.5 Å². The second-order valence-electron chi connectivity index (χ2n) is 10.5. The van der Waals surface area contributed by atoms with Gasteiger partial charge in [-0.15, -0.1) is 0 Å². The SMILES string of the molecule is O=C(c1cccc(-c2cn3ccccc3n2)c1)N1CC2CN(C(=O)c3cccc(Nc4ccccc4)n3)CC2C1. The van der Waals surface area contributed by atoms with Crippen molar-refractivity contribution in [1.29, 1.82) is 0 Å². The van der Waals surface area contributed by atoms with Crippen molar-refractivity contribution in [3.63, 3.8) is 0 Å². The highest BCUT2D eigenvalue weighted by molar-refractivity contribution is 5.96. The largest absolute Gasteiger partial charge is 0.340 e. The van der Waals surface area contributed by atoms with Gasteiger partial charge < -0.3 is 19.5 Å². The van der Waals surface area contributed by atoms with Crippen LogP contribution in [-0.2, 0) is 0 Å². The fraction of sp³-hybridized carbons (Fsp3) is 0.188. The monoisotopic (exact) mass is 528 g/mol. The van der Waals surface area contributed by atoms with E-state index in [0.29, 0.717) is 43.3 Å². The molecule has 5 aromatic rings. The molecule has 2 saturated heterocycles. The zero-order valence-electron chi connectivity index (χ0n) is 21.9. The molecule has 8 nitrogen and oxygen atoms in total. The van der Waals surface area contributed by atoms with E-state index < -0.39 is 0 Å². The van der Waals surface area contributed by atoms with Gasteiger partial charge in [0.15, 0.2) is 0 Å². The predicted octanol–water partition coefficient (Wildman–Crippen LogP) is 4.98. The molecule has 0 spiro atoms. The number of pyridine rings is 2. The molecule has 1 N–H and O–H groups in total. The Morgan fingerprint density at radius 1 is 0.725 bits per heavy atom. The summed E-state index contributed by atoms with van der Waals surface area (Å²) < 4.78 is 1.98. The summed E-state index contributed by atoms with van der Waals surface area (Å²) in [5.41, 5.74) is 4.64. The first-order valence-electron chi connectivity index (χ1n) is 13.5. The molecule has 2 fully saturated rings. The van der Waals surface area contributed by atoms with Crippen molar-refractivity contribution >= 4 is 29.0 Å². The molecule has 7 rings (SSSR count). The van der Waals surface area contributed by atoms with E-state index in [-0.39, 0.29) is 23.7 Å². The summed E-state index contributed by atoms with van der Waals surface area (Å²) in [5.74, 6) is 1.13. The number of anilines is 2. The summed E-state index contributed by atoms with van der Waals surface area (Å²) >= 11 is 0. The van der Waals surface area contributed by atoms with Gasteiger partial charge >= 0.3 is 0 Å². The van der Waals surface area contributed by atoms with Gasteiger partial charge in [-0.05, 0) is 48.5 Å². The molecule has 0 radical (unpaired) electrons. The summed E-state index contributed by atoms with van der Waals surface area (Å²) in [4.78, 5) is 39.8. The van der Waals surface area contributed by atoms with E-state index in [9.17, 15) is 9.59 Å². The van der Waals surface area contributed by atoms with E-state index in [1.54, 1.807) is 6.07 Å². The summed E-state index contributed by atoms with van der Waals surface area (Å²) in [6.07, 6.45) is 3.94. The van der Waals surface area contributed by atoms with Crippen molar-refractivity contribution in [3.8, 4) is 11.3 Å². The van der Waals surface area contributed by atoms with Crippen LogP contribution in [0.2, 0.25) is 0 Å². The van der Waals surface area contributed by atoms with Crippen LogP contribution >= 0.6 is 0 Å². The molecule has 0 aliphatic carbocycles. The number of carbonyl (C=O) groups excluding carboxylic acids is 2. The zero-order valence-corrected chi connectivity index (χ0v) is 21.9. The van der Waals surface area contributed by atoms with Crippen LogP contribution in [0.15, 0.2) is 103 Å². The number of rotatable bonds is 5. The fourth-order valence-electron chi connectivity index (χ4n) is 5.85. The van der Waals surface area contributed by atoms with Crippen LogP contribution in [0.3, 0.4) is 0 Å². The molecule has 2 unspecified atom stereocenters. The number of hydrogen-bond acceptors (Lipinski definition) is 5. The number of aromatic nitrogens is 3. The summed E-state index contributed by atoms with van der Waals surface area (Å²) in [7, 11) is 0. The Morgan fingerprint density at radius 3 is 2.23 bits per heavy atom. The molecule has 2 aromatic carbocycles. The maximum atomic E-state index is 13.5. The fourth-order valence-corrected chi connectivity index (χ4v) is 5.85. The van der Waals surface area contributed by atoms with Crippen LogP contribution in [0.1, 0.15) is 20.8 Å². The number of fused-ring (bicyclic) bond motifs is 2. The highest BCUT2D eigenvalue weighted by Gasteiger charge is 2.43. The maximum absolute atomic E-state index is 13.5. The minimum atomic E-state index is -0.0656. The summed E-state index contributed by atoms with van der Waals surface area (Å²) in [6.45, 7) is 2.56. The third-order valence-corrected chi connectivity index (χ3v) is 7.84. The molecule has 40 heavy (non-hydrogen) atoms. The first-order chi connectivity index (χ1) is 19.6. The number of carbonyl (C=O) groups is 2. The molecule has 0 bridgehead atoms. The molecule has 198 valence electrons. The van der Waals surface area contributed by atoms with Crippen LogP contribution in [0.5, 0.6) is 0 Å². The third-order valence-electron chi connectivity index (χ3n) is 7.84. The van der Waals surface area contributed by atoms with Gasteiger partial charge in [0.2, 0.25) is 0 Å². The number of nitrogens with zero attached hydrogens (tertiary/aromatic N) is 5. The van der Waals surface area contributed by atoms with Gasteiger partial charge in [-0.3, -0.25) is 9.59 Å². The highest BCUT2D eigenvalue weighted by atomic mass is 16.2. The molecule has 5 heterocycles. The Labute approximate surface area is 231 Å². The number of nitrogens with one attached hydrogen (secondary N) is 1. The Balaban J connectivity index is 1.00. The first-order valence-corrected chi connectivity index (χ1v) is 13.5. The molecule has 2 atom stereocenters. The predicted molar refractivity (Wildman–Crippen MR) is 153 cm³/mol. The van der Waals surface area contributed by atoms with Gasteiger partial charge in [0.25, 0.3) is 11.8 Å². The number of amides is 2. The van der Waals surface area contributed by atoms with Crippen molar-refractivity contribution < 1.29 is 9.59 Å². The van der Waals surface area contributed by atoms with E-state index in [1.807, 2.05) is 112 Å². The van der Waals surface area contributed by atoms with Crippen LogP contribution in [0, 0.1) is 11.8 Å². The topological polar surface area (TPSA) is 82.8 Å². The lowest BCUT2D eigenvalue weighted by atomic mass is 10.0. The minimum Gasteiger partial charge on any atom is -0.340 e. The van der Waals surface area contributed by atoms with Crippen molar-refractivity contribution in [2.45, 2.75) is 0 Å². The van der Waals surface area contributed by atoms with E-state index in [0.717, 1.165) is 22.6 Å². The number of hydrogen-bond donors (Lipinski definition) is 1. The van der Waals surface area contributed by atoms with Crippen LogP contribution < -0.4 is 5.32 Å². The maximum Gasteiger partial charge on any atom is 0.272 e. The highest BCUT2D eigenvalue weighted by Crippen LogP contribution is 2.33. The van der Waals surface area contributed by atoms with Crippen molar-refractivity contribution in [2.24, 2.45) is 11.8 Å². The Kier molecular flexibility index (Phi) is 6.00. The molecule has 2 aliphatic rings. The first kappa shape index (κ1) is 24.1. The number of likely N-dealkylation sites (tertiary alicyclic amines) is 2. The minimum absolute atomic E-state index is 0.0271. The Hall–Kier alpha value is -4.98. The number of para-hydroxylation sites is 1. The zero-order chi connectivity index (χ0) is 27.1. The van der Waals surface area contributed by atoms with Crippen LogP contribution in [0.25, 0.3) is 16.9 Å². The van der Waals surface area contributed by atoms with Gasteiger partial charge in [0.1, 0.15) is 17.2 Å². The summed E-state index contributed by atoms with van der Waals surface area (Å²) in [5, 5.41) is 3.25. The standard InChI is InChI=1S/C32H28N6O2/c39-31(23-9-6-8-22(16-23)28-21-36-15-5-4-14-30(36)35-28)37-17-24-19-38(20-25(24)18-37)32(40)27-12-7-13-29(34-27)33-26-10-2-1-3-11-26/h1-16,21,24-25H,17-20H2,(H,33,34). The van der Waals surface area contributed by atoms with Gasteiger partial charge in [0.05, 0.1) is 5.69 Å². The molecular formula is C32H28N6O2. The molecule has 8 heteroatoms. The molecule has 3 aromatic heterocycles. The number of imidazole rings is 1. The average molecular weight is 529 g/mol. The molecule has 2 aliphatic heterocycles. The van der Waals surface area contributed by atoms with Gasteiger partial charge in [0, 0.05) is 67.2 Å². The molecule has 2 amide bonds. The molecule has 0 saturated carbocycles. The Morgan fingerprint density at radius 2 is 1.45 bits per heavy atom. The van der Waals surface area contributed by atoms with Gasteiger partial charge in [-0.2, -0.15) is 0 Å². The Bertz CT molecular complexity index is 1670. The van der Waals surface area contributed by atoms with Crippen LogP contribution in [-0.4, -0.2) is 62.2 Å². The lowest BCUT2D eigenvalue weighted by Gasteiger charge is -2.22. The van der Waals surface area contributed by atoms with Crippen molar-refractivity contribution in [3.05, 3.63) is 115 Å². The van der Waals surface area contributed by atoms with Crippen molar-refractivity contribution in [1.82, 2.24) is 24.2 Å². The van der Waals surface area contributed by atoms with E-state index in [4.69, 9.17) is 4.98 Å². The second kappa shape index (κ2) is 9.96. The van der Waals surface area contributed by atoms with Crippen LogP contribution in [0.4, 0.5) is 11.5 Å². The van der Waals surface area contributed by atoms with Crippen molar-refractivity contribution in [2.75, 3.05) is 31.5 Å². The summed E-state index contributed by atoms with van der Waals surface area (Å²) in [6, 6.07) is 28.8.